The molecule has 1 aromatic rings. The molecule has 0 bridgehead atoms. The molecular weight excluding hydrogens is 238 g/mol. The predicted octanol–water partition coefficient (Wildman–Crippen LogP) is 2.04. The number of amides is 1. The van der Waals surface area contributed by atoms with Crippen LogP contribution in [0.15, 0.2) is 18.3 Å². The molecule has 2 N–H and O–H groups in total. The largest absolute Gasteiger partial charge is 0.355 e. The van der Waals surface area contributed by atoms with Gasteiger partial charge in [0.2, 0.25) is 5.91 Å². The van der Waals surface area contributed by atoms with Crippen molar-refractivity contribution in [2.75, 3.05) is 6.54 Å². The monoisotopic (exact) mass is 263 g/mol. The molecule has 1 amide bonds. The van der Waals surface area contributed by atoms with Gasteiger partial charge in [0.15, 0.2) is 0 Å². The number of aromatic nitrogens is 1. The maximum Gasteiger partial charge on any atom is 0.236 e. The van der Waals surface area contributed by atoms with Gasteiger partial charge in [0, 0.05) is 19.3 Å². The van der Waals surface area contributed by atoms with E-state index in [4.69, 9.17) is 0 Å². The Kier molecular flexibility index (Phi) is 7.11. The van der Waals surface area contributed by atoms with Gasteiger partial charge in [-0.3, -0.25) is 9.78 Å². The number of nitrogens with one attached hydrogen (secondary N) is 2. The van der Waals surface area contributed by atoms with Crippen molar-refractivity contribution in [3.05, 3.63) is 29.6 Å². The van der Waals surface area contributed by atoms with Gasteiger partial charge in [0.25, 0.3) is 0 Å². The number of unbranched alkanes of at least 4 members (excludes halogenated alkanes) is 1. The number of carbonyl (C=O) groups excluding carboxylic acids is 1. The van der Waals surface area contributed by atoms with E-state index in [-0.39, 0.29) is 11.9 Å². The molecule has 19 heavy (non-hydrogen) atoms. The number of rotatable bonds is 8. The molecule has 1 atom stereocenters. The third-order valence-electron chi connectivity index (χ3n) is 3.16. The van der Waals surface area contributed by atoms with Crippen molar-refractivity contribution in [1.82, 2.24) is 15.6 Å². The Bertz CT molecular complexity index is 393. The molecule has 0 aliphatic heterocycles. The highest BCUT2D eigenvalue weighted by Gasteiger charge is 2.12. The summed E-state index contributed by atoms with van der Waals surface area (Å²) in [5.41, 5.74) is 2.26. The summed E-state index contributed by atoms with van der Waals surface area (Å²) >= 11 is 0. The van der Waals surface area contributed by atoms with Crippen molar-refractivity contribution in [2.24, 2.45) is 0 Å². The summed E-state index contributed by atoms with van der Waals surface area (Å²) in [5.74, 6) is 0.0578. The third kappa shape index (κ3) is 5.39. The molecule has 1 rings (SSSR count). The number of pyridine rings is 1. The molecule has 1 unspecified atom stereocenters. The summed E-state index contributed by atoms with van der Waals surface area (Å²) in [6, 6.07) is 3.84. The smallest absolute Gasteiger partial charge is 0.236 e. The first kappa shape index (κ1) is 15.6. The average molecular weight is 263 g/mol. The minimum Gasteiger partial charge on any atom is -0.355 e. The van der Waals surface area contributed by atoms with Crippen LogP contribution in [0, 0.1) is 0 Å². The maximum atomic E-state index is 11.8. The zero-order chi connectivity index (χ0) is 14.1. The van der Waals surface area contributed by atoms with Gasteiger partial charge in [-0.1, -0.05) is 26.3 Å². The van der Waals surface area contributed by atoms with Crippen LogP contribution in [-0.2, 0) is 17.8 Å². The fourth-order valence-corrected chi connectivity index (χ4v) is 1.84. The highest BCUT2D eigenvalue weighted by Crippen LogP contribution is 2.05. The number of hydrogen-bond acceptors (Lipinski definition) is 3. The minimum absolute atomic E-state index is 0.0578. The van der Waals surface area contributed by atoms with Crippen molar-refractivity contribution in [3.63, 3.8) is 0 Å². The van der Waals surface area contributed by atoms with E-state index in [1.165, 1.54) is 5.56 Å². The lowest BCUT2D eigenvalue weighted by molar-refractivity contribution is -0.122. The highest BCUT2D eigenvalue weighted by atomic mass is 16.2. The fourth-order valence-electron chi connectivity index (χ4n) is 1.84. The van der Waals surface area contributed by atoms with Gasteiger partial charge in [0.1, 0.15) is 0 Å². The summed E-state index contributed by atoms with van der Waals surface area (Å²) in [7, 11) is 0. The Morgan fingerprint density at radius 3 is 2.89 bits per heavy atom. The second kappa shape index (κ2) is 8.64. The summed E-state index contributed by atoms with van der Waals surface area (Å²) in [4.78, 5) is 16.2. The van der Waals surface area contributed by atoms with E-state index >= 15 is 0 Å². The van der Waals surface area contributed by atoms with E-state index in [1.54, 1.807) is 6.20 Å². The van der Waals surface area contributed by atoms with Crippen molar-refractivity contribution >= 4 is 5.91 Å². The van der Waals surface area contributed by atoms with E-state index in [9.17, 15) is 4.79 Å². The molecule has 1 aromatic heterocycles. The Morgan fingerprint density at radius 2 is 2.21 bits per heavy atom. The lowest BCUT2D eigenvalue weighted by Crippen LogP contribution is -2.42. The standard InChI is InChI=1S/C15H25N3O/c1-4-6-9-17-15(19)12(3)18-11-14-13(5-2)8-7-10-16-14/h7-8,10,12,18H,4-6,9,11H2,1-3H3,(H,17,19). The minimum atomic E-state index is -0.191. The number of hydrogen-bond donors (Lipinski definition) is 2. The highest BCUT2D eigenvalue weighted by molar-refractivity contribution is 5.81. The fraction of sp³-hybridized carbons (Fsp3) is 0.600. The Morgan fingerprint density at radius 1 is 1.42 bits per heavy atom. The van der Waals surface area contributed by atoms with Crippen LogP contribution in [0.1, 0.15) is 44.9 Å². The SMILES string of the molecule is CCCCNC(=O)C(C)NCc1ncccc1CC. The summed E-state index contributed by atoms with van der Waals surface area (Å²) < 4.78 is 0. The molecule has 4 nitrogen and oxygen atoms in total. The molecule has 0 saturated heterocycles. The van der Waals surface area contributed by atoms with Crippen molar-refractivity contribution < 1.29 is 4.79 Å². The predicted molar refractivity (Wildman–Crippen MR) is 77.8 cm³/mol. The number of aryl methyl sites for hydroxylation is 1. The van der Waals surface area contributed by atoms with Crippen molar-refractivity contribution in [2.45, 2.75) is 52.6 Å². The van der Waals surface area contributed by atoms with Crippen molar-refractivity contribution in [1.29, 1.82) is 0 Å². The normalized spacial score (nSPS) is 12.2. The van der Waals surface area contributed by atoms with Crippen LogP contribution in [0.2, 0.25) is 0 Å². The topological polar surface area (TPSA) is 54.0 Å². The van der Waals surface area contributed by atoms with Crippen LogP contribution in [0.25, 0.3) is 0 Å². The summed E-state index contributed by atoms with van der Waals surface area (Å²) in [5, 5.41) is 6.15. The molecule has 0 saturated carbocycles. The molecule has 0 radical (unpaired) electrons. The molecule has 106 valence electrons. The lowest BCUT2D eigenvalue weighted by Gasteiger charge is -2.14. The van der Waals surface area contributed by atoms with Gasteiger partial charge in [-0.25, -0.2) is 0 Å². The van der Waals surface area contributed by atoms with Gasteiger partial charge >= 0.3 is 0 Å². The molecule has 0 aliphatic carbocycles. The third-order valence-corrected chi connectivity index (χ3v) is 3.16. The van der Waals surface area contributed by atoms with Crippen LogP contribution in [0.3, 0.4) is 0 Å². The molecular formula is C15H25N3O. The zero-order valence-electron chi connectivity index (χ0n) is 12.2. The number of nitrogens with zero attached hydrogens (tertiary/aromatic N) is 1. The van der Waals surface area contributed by atoms with Crippen LogP contribution in [0.4, 0.5) is 0 Å². The van der Waals surface area contributed by atoms with Gasteiger partial charge < -0.3 is 10.6 Å². The molecule has 0 spiro atoms. The van der Waals surface area contributed by atoms with Crippen LogP contribution in [-0.4, -0.2) is 23.5 Å². The Hall–Kier alpha value is -1.42. The first-order valence-electron chi connectivity index (χ1n) is 7.12. The van der Waals surface area contributed by atoms with Gasteiger partial charge in [-0.15, -0.1) is 0 Å². The van der Waals surface area contributed by atoms with E-state index in [0.717, 1.165) is 31.5 Å². The Balaban J connectivity index is 2.40. The first-order valence-corrected chi connectivity index (χ1v) is 7.12. The molecule has 1 heterocycles. The lowest BCUT2D eigenvalue weighted by atomic mass is 10.1. The Labute approximate surface area is 116 Å². The van der Waals surface area contributed by atoms with E-state index < -0.39 is 0 Å². The molecule has 0 aliphatic rings. The van der Waals surface area contributed by atoms with Crippen LogP contribution >= 0.6 is 0 Å². The van der Waals surface area contributed by atoms with Crippen LogP contribution in [0.5, 0.6) is 0 Å². The second-order valence-corrected chi connectivity index (χ2v) is 4.71. The maximum absolute atomic E-state index is 11.8. The van der Waals surface area contributed by atoms with Gasteiger partial charge in [0.05, 0.1) is 11.7 Å². The molecule has 0 fully saturated rings. The second-order valence-electron chi connectivity index (χ2n) is 4.71. The van der Waals surface area contributed by atoms with E-state index in [2.05, 4.69) is 35.5 Å². The first-order chi connectivity index (χ1) is 9.19. The molecule has 0 aromatic carbocycles. The quantitative estimate of drug-likeness (QED) is 0.706. The van der Waals surface area contributed by atoms with E-state index in [0.29, 0.717) is 6.54 Å². The average Bonchev–Trinajstić information content (AvgIpc) is 2.45. The van der Waals surface area contributed by atoms with Crippen LogP contribution < -0.4 is 10.6 Å². The molecule has 4 heteroatoms. The van der Waals surface area contributed by atoms with Crippen molar-refractivity contribution in [3.8, 4) is 0 Å². The number of carbonyl (C=O) groups is 1. The van der Waals surface area contributed by atoms with Gasteiger partial charge in [-0.05, 0) is 31.4 Å². The zero-order valence-corrected chi connectivity index (χ0v) is 12.2. The van der Waals surface area contributed by atoms with Gasteiger partial charge in [-0.2, -0.15) is 0 Å². The summed E-state index contributed by atoms with van der Waals surface area (Å²) in [6.45, 7) is 7.50. The van der Waals surface area contributed by atoms with E-state index in [1.807, 2.05) is 13.0 Å². The summed E-state index contributed by atoms with van der Waals surface area (Å²) in [6.07, 6.45) is 4.87.